The molecule has 3 amide bonds. The second-order valence-electron chi connectivity index (χ2n) is 15.2. The third-order valence-corrected chi connectivity index (χ3v) is 9.97. The van der Waals surface area contributed by atoms with Gasteiger partial charge in [-0.3, -0.25) is 28.8 Å². The monoisotopic (exact) mass is 881 g/mol. The summed E-state index contributed by atoms with van der Waals surface area (Å²) in [6.07, 6.45) is 12.3. The number of hydrogen-bond acceptors (Lipinski definition) is 6. The molecule has 0 aliphatic rings. The second-order valence-corrected chi connectivity index (χ2v) is 15.2. The van der Waals surface area contributed by atoms with E-state index in [1.807, 2.05) is 69.3 Å². The van der Waals surface area contributed by atoms with E-state index in [4.69, 9.17) is 0 Å². The molecule has 61 heavy (non-hydrogen) atoms. The van der Waals surface area contributed by atoms with Crippen molar-refractivity contribution in [2.45, 2.75) is 138 Å². The van der Waals surface area contributed by atoms with Gasteiger partial charge in [-0.15, -0.1) is 0 Å². The van der Waals surface area contributed by atoms with Crippen LogP contribution in [0.4, 0.5) is 0 Å². The minimum atomic E-state index is -0.0893. The van der Waals surface area contributed by atoms with Crippen molar-refractivity contribution < 1.29 is 45.8 Å². The number of carbonyl (C=O) groups is 6. The minimum Gasteiger partial charge on any atom is -0.342 e. The molecule has 0 saturated heterocycles. The van der Waals surface area contributed by atoms with Crippen LogP contribution in [0.5, 0.6) is 0 Å². The van der Waals surface area contributed by atoms with Crippen molar-refractivity contribution in [1.29, 1.82) is 0 Å². The van der Waals surface area contributed by atoms with Crippen LogP contribution in [0.2, 0.25) is 0 Å². The zero-order valence-corrected chi connectivity index (χ0v) is 39.3. The maximum atomic E-state index is 12.2. The van der Waals surface area contributed by atoms with Gasteiger partial charge in [0, 0.05) is 56.0 Å². The molecule has 0 heterocycles. The summed E-state index contributed by atoms with van der Waals surface area (Å²) < 4.78 is 0. The van der Waals surface area contributed by atoms with Crippen molar-refractivity contribution >= 4 is 35.1 Å². The summed E-state index contributed by atoms with van der Waals surface area (Å²) in [7, 11) is 0. The van der Waals surface area contributed by atoms with Gasteiger partial charge in [0.05, 0.1) is 19.3 Å². The van der Waals surface area contributed by atoms with Crippen LogP contribution in [0.3, 0.4) is 0 Å². The Bertz CT molecular complexity index is 1420. The van der Waals surface area contributed by atoms with Crippen LogP contribution in [0, 0.1) is 0 Å². The van der Waals surface area contributed by atoms with E-state index < -0.39 is 0 Å². The molecule has 0 bridgehead atoms. The molecule has 0 fully saturated rings. The molecule has 3 aromatic carbocycles. The topological polar surface area (TPSA) is 112 Å². The molecule has 0 aliphatic carbocycles. The van der Waals surface area contributed by atoms with E-state index in [0.29, 0.717) is 16.7 Å². The van der Waals surface area contributed by atoms with Crippen LogP contribution in [-0.2, 0) is 31.5 Å². The van der Waals surface area contributed by atoms with Gasteiger partial charge in [-0.1, -0.05) is 171 Å². The molecule has 0 spiro atoms. The molecular weight excluding hydrogens is 806 g/mol. The van der Waals surface area contributed by atoms with Gasteiger partial charge in [-0.2, -0.15) is 0 Å². The zero-order valence-electron chi connectivity index (χ0n) is 38.2. The number of rotatable bonds is 27. The van der Waals surface area contributed by atoms with E-state index in [0.717, 1.165) is 116 Å². The Morgan fingerprint density at radius 1 is 0.328 bits per heavy atom. The molecule has 0 unspecified atom stereocenters. The van der Waals surface area contributed by atoms with E-state index in [9.17, 15) is 28.8 Å². The molecule has 3 aromatic rings. The van der Waals surface area contributed by atoms with Gasteiger partial charge in [0.25, 0.3) is 0 Å². The molecule has 0 atom stereocenters. The molecule has 335 valence electrons. The van der Waals surface area contributed by atoms with Crippen molar-refractivity contribution in [2.75, 3.05) is 39.3 Å². The average molecular weight is 882 g/mol. The first-order valence-corrected chi connectivity index (χ1v) is 22.6. The van der Waals surface area contributed by atoms with Crippen LogP contribution >= 0.6 is 0 Å². The number of benzene rings is 3. The third-order valence-electron chi connectivity index (χ3n) is 9.97. The van der Waals surface area contributed by atoms with Gasteiger partial charge < -0.3 is 14.7 Å². The van der Waals surface area contributed by atoms with Crippen molar-refractivity contribution in [3.8, 4) is 0 Å². The predicted octanol–water partition coefficient (Wildman–Crippen LogP) is 11.1. The number of nitrogens with zero attached hydrogens (tertiary/aromatic N) is 3. The fraction of sp³-hybridized carbons (Fsp3) is 0.529. The van der Waals surface area contributed by atoms with Crippen LogP contribution in [-0.4, -0.2) is 89.0 Å². The summed E-state index contributed by atoms with van der Waals surface area (Å²) in [6.45, 7) is 17.2. The fourth-order valence-electron chi connectivity index (χ4n) is 6.10. The number of unbranched alkanes of at least 4 members (excludes halogenated alkanes) is 6. The first-order valence-electron chi connectivity index (χ1n) is 22.6. The number of Topliss-reactive ketones (excluding diaryl/α,β-unsaturated/α-hetero) is 3. The van der Waals surface area contributed by atoms with Crippen molar-refractivity contribution in [3.05, 3.63) is 108 Å². The average Bonchev–Trinajstić information content (AvgIpc) is 3.27. The molecule has 0 N–H and O–H groups in total. The van der Waals surface area contributed by atoms with Crippen LogP contribution in [0.15, 0.2) is 91.0 Å². The number of ketones is 3. The van der Waals surface area contributed by atoms with Gasteiger partial charge in [0.2, 0.25) is 17.7 Å². The Hall–Kier alpha value is -4.40. The number of carbonyl (C=O) groups excluding carboxylic acids is 6. The zero-order chi connectivity index (χ0) is 44.4. The molecule has 3 rings (SSSR count). The standard InChI is InChI=1S/3C17H25NO2.Fe/c3*1-3-5-12-18(13-6-4-2)17(20)14-16(19)15-10-8-7-9-11-15;/h3*7-11H,3-6,12-14H2,1-2H3;/q;;;+3. The van der Waals surface area contributed by atoms with E-state index in [1.165, 1.54) is 0 Å². The molecule has 1 radical (unpaired) electrons. The Labute approximate surface area is 378 Å². The minimum absolute atomic E-state index is 0. The van der Waals surface area contributed by atoms with Crippen LogP contribution < -0.4 is 0 Å². The third kappa shape index (κ3) is 25.2. The van der Waals surface area contributed by atoms with Gasteiger partial charge in [0.1, 0.15) is 0 Å². The SMILES string of the molecule is CCCCN(CCCC)C(=O)CC(=O)c1ccccc1.CCCCN(CCCC)C(=O)CC(=O)c1ccccc1.CCCCN(CCCC)C(=O)CC(=O)c1ccccc1.[Fe+3]. The first kappa shape index (κ1) is 56.6. The summed E-state index contributed by atoms with van der Waals surface area (Å²) in [6, 6.07) is 27.1. The van der Waals surface area contributed by atoms with Crippen LogP contribution in [0.1, 0.15) is 169 Å². The first-order chi connectivity index (χ1) is 29.1. The Balaban J connectivity index is 0.000000878. The van der Waals surface area contributed by atoms with Crippen molar-refractivity contribution in [1.82, 2.24) is 14.7 Å². The van der Waals surface area contributed by atoms with Gasteiger partial charge in [0.15, 0.2) is 17.3 Å². The number of hydrogen-bond donors (Lipinski definition) is 0. The molecule has 0 aromatic heterocycles. The van der Waals surface area contributed by atoms with Gasteiger partial charge >= 0.3 is 17.1 Å². The summed E-state index contributed by atoms with van der Waals surface area (Å²) in [5, 5.41) is 0. The second kappa shape index (κ2) is 36.3. The maximum absolute atomic E-state index is 12.2. The molecule has 0 aliphatic heterocycles. The van der Waals surface area contributed by atoms with Crippen molar-refractivity contribution in [3.63, 3.8) is 0 Å². The summed E-state index contributed by atoms with van der Waals surface area (Å²) in [5.41, 5.74) is 1.85. The van der Waals surface area contributed by atoms with E-state index in [-0.39, 0.29) is 71.4 Å². The molecular formula is C51H75FeN3O6+3. The summed E-state index contributed by atoms with van der Waals surface area (Å²) in [5.74, 6) is -0.391. The summed E-state index contributed by atoms with van der Waals surface area (Å²) >= 11 is 0. The van der Waals surface area contributed by atoms with E-state index >= 15 is 0 Å². The van der Waals surface area contributed by atoms with Gasteiger partial charge in [-0.05, 0) is 38.5 Å². The Morgan fingerprint density at radius 2 is 0.508 bits per heavy atom. The van der Waals surface area contributed by atoms with Gasteiger partial charge in [-0.25, -0.2) is 0 Å². The normalized spacial score (nSPS) is 10.1. The largest absolute Gasteiger partial charge is 3.00 e. The number of amides is 3. The van der Waals surface area contributed by atoms with Crippen molar-refractivity contribution in [2.24, 2.45) is 0 Å². The quantitative estimate of drug-likeness (QED) is 0.0428. The molecule has 9 nitrogen and oxygen atoms in total. The molecule has 0 saturated carbocycles. The maximum Gasteiger partial charge on any atom is 3.00 e. The smallest absolute Gasteiger partial charge is 0.342 e. The predicted molar refractivity (Wildman–Crippen MR) is 245 cm³/mol. The Morgan fingerprint density at radius 3 is 0.672 bits per heavy atom. The van der Waals surface area contributed by atoms with E-state index in [2.05, 4.69) is 41.5 Å². The Kier molecular flexibility index (Phi) is 33.7. The van der Waals surface area contributed by atoms with Crippen LogP contribution in [0.25, 0.3) is 0 Å². The molecule has 10 heteroatoms. The summed E-state index contributed by atoms with van der Waals surface area (Å²) in [4.78, 5) is 78.4. The van der Waals surface area contributed by atoms with E-state index in [1.54, 1.807) is 36.4 Å². The fourth-order valence-corrected chi connectivity index (χ4v) is 6.10.